The Kier molecular flexibility index (Phi) is 4.06. The number of aliphatic hydroxyl groups is 1. The van der Waals surface area contributed by atoms with Gasteiger partial charge in [-0.1, -0.05) is 6.42 Å². The topological polar surface area (TPSA) is 47.3 Å². The molecule has 0 atom stereocenters. The molecule has 0 saturated heterocycles. The van der Waals surface area contributed by atoms with E-state index in [4.69, 9.17) is 10.4 Å². The van der Waals surface area contributed by atoms with Gasteiger partial charge in [-0.25, -0.2) is 0 Å². The molecule has 68 valence electrons. The fourth-order valence-electron chi connectivity index (χ4n) is 1.55. The Balaban J connectivity index is 2.22. The molecule has 3 heteroatoms. The third-order valence-corrected chi connectivity index (χ3v) is 2.49. The molecule has 0 aromatic rings. The zero-order valence-electron chi connectivity index (χ0n) is 7.37. The van der Waals surface area contributed by atoms with Crippen LogP contribution in [0.25, 0.3) is 0 Å². The van der Waals surface area contributed by atoms with Crippen LogP contribution in [-0.4, -0.2) is 35.7 Å². The smallest absolute Gasteiger partial charge is 0.0635 e. The molecule has 1 saturated carbocycles. The maximum atomic E-state index is 8.78. The first-order valence-electron chi connectivity index (χ1n) is 4.60. The summed E-state index contributed by atoms with van der Waals surface area (Å²) in [5, 5.41) is 17.2. The molecule has 0 heterocycles. The lowest BCUT2D eigenvalue weighted by molar-refractivity contribution is 0.104. The zero-order valence-corrected chi connectivity index (χ0v) is 7.37. The summed E-state index contributed by atoms with van der Waals surface area (Å²) in [5.74, 6) is 0. The molecule has 0 aromatic heterocycles. The zero-order chi connectivity index (χ0) is 8.81. The lowest BCUT2D eigenvalue weighted by Crippen LogP contribution is -2.42. The Morgan fingerprint density at radius 1 is 1.42 bits per heavy atom. The van der Waals surface area contributed by atoms with E-state index in [2.05, 4.69) is 11.0 Å². The lowest BCUT2D eigenvalue weighted by Gasteiger charge is -2.36. The quantitative estimate of drug-likeness (QED) is 0.659. The van der Waals surface area contributed by atoms with Crippen molar-refractivity contribution in [3.8, 4) is 6.07 Å². The van der Waals surface area contributed by atoms with Gasteiger partial charge in [0.25, 0.3) is 0 Å². The number of nitrogens with zero attached hydrogens (tertiary/aromatic N) is 2. The van der Waals surface area contributed by atoms with Crippen LogP contribution < -0.4 is 0 Å². The summed E-state index contributed by atoms with van der Waals surface area (Å²) < 4.78 is 0. The van der Waals surface area contributed by atoms with Crippen LogP contribution in [0.5, 0.6) is 0 Å². The number of aliphatic hydroxyl groups excluding tert-OH is 1. The van der Waals surface area contributed by atoms with Crippen LogP contribution in [0.2, 0.25) is 0 Å². The summed E-state index contributed by atoms with van der Waals surface area (Å²) in [4.78, 5) is 2.23. The molecule has 0 aliphatic heterocycles. The van der Waals surface area contributed by atoms with Crippen molar-refractivity contribution >= 4 is 0 Å². The molecule has 12 heavy (non-hydrogen) atoms. The van der Waals surface area contributed by atoms with Crippen LogP contribution in [0.1, 0.15) is 25.7 Å². The molecular weight excluding hydrogens is 152 g/mol. The molecule has 0 spiro atoms. The van der Waals surface area contributed by atoms with E-state index in [1.165, 1.54) is 19.3 Å². The van der Waals surface area contributed by atoms with E-state index in [-0.39, 0.29) is 6.61 Å². The first kappa shape index (κ1) is 9.50. The van der Waals surface area contributed by atoms with E-state index >= 15 is 0 Å². The van der Waals surface area contributed by atoms with Crippen molar-refractivity contribution in [1.29, 1.82) is 5.26 Å². The van der Waals surface area contributed by atoms with Crippen molar-refractivity contribution in [2.24, 2.45) is 0 Å². The van der Waals surface area contributed by atoms with Gasteiger partial charge in [0, 0.05) is 25.6 Å². The second-order valence-corrected chi connectivity index (χ2v) is 3.25. The second-order valence-electron chi connectivity index (χ2n) is 3.25. The Labute approximate surface area is 73.6 Å². The number of nitriles is 1. The highest BCUT2D eigenvalue weighted by Gasteiger charge is 2.23. The molecule has 0 bridgehead atoms. The Morgan fingerprint density at radius 3 is 2.58 bits per heavy atom. The maximum Gasteiger partial charge on any atom is 0.0635 e. The Hall–Kier alpha value is -0.590. The fourth-order valence-corrected chi connectivity index (χ4v) is 1.55. The minimum atomic E-state index is 0.210. The van der Waals surface area contributed by atoms with E-state index in [0.29, 0.717) is 12.5 Å². The van der Waals surface area contributed by atoms with Crippen LogP contribution in [0.15, 0.2) is 0 Å². The summed E-state index contributed by atoms with van der Waals surface area (Å²) >= 11 is 0. The molecule has 0 amide bonds. The maximum absolute atomic E-state index is 8.78. The largest absolute Gasteiger partial charge is 0.395 e. The summed E-state index contributed by atoms with van der Waals surface area (Å²) in [7, 11) is 0. The minimum Gasteiger partial charge on any atom is -0.395 e. The van der Waals surface area contributed by atoms with Gasteiger partial charge in [0.15, 0.2) is 0 Å². The van der Waals surface area contributed by atoms with E-state index in [1.807, 2.05) is 0 Å². The highest BCUT2D eigenvalue weighted by molar-refractivity contribution is 4.82. The van der Waals surface area contributed by atoms with Crippen molar-refractivity contribution in [2.45, 2.75) is 31.7 Å². The lowest BCUT2D eigenvalue weighted by atomic mass is 9.91. The summed E-state index contributed by atoms with van der Waals surface area (Å²) in [6.07, 6.45) is 4.37. The average molecular weight is 168 g/mol. The molecule has 1 aliphatic rings. The van der Waals surface area contributed by atoms with Gasteiger partial charge in [-0.15, -0.1) is 0 Å². The summed E-state index contributed by atoms with van der Waals surface area (Å²) in [6, 6.07) is 2.78. The highest BCUT2D eigenvalue weighted by Crippen LogP contribution is 2.24. The molecule has 0 aromatic carbocycles. The van der Waals surface area contributed by atoms with E-state index in [1.54, 1.807) is 0 Å². The summed E-state index contributed by atoms with van der Waals surface area (Å²) in [5.41, 5.74) is 0. The highest BCUT2D eigenvalue weighted by atomic mass is 16.3. The standard InChI is InChI=1S/C9H16N2O/c10-5-2-6-11(7-8-12)9-3-1-4-9/h9,12H,1-4,6-8H2. The van der Waals surface area contributed by atoms with E-state index in [9.17, 15) is 0 Å². The number of hydrogen-bond donors (Lipinski definition) is 1. The Bertz CT molecular complexity index is 160. The fraction of sp³-hybridized carbons (Fsp3) is 0.889. The second kappa shape index (κ2) is 5.13. The predicted molar refractivity (Wildman–Crippen MR) is 46.5 cm³/mol. The molecule has 1 aliphatic carbocycles. The van der Waals surface area contributed by atoms with Crippen molar-refractivity contribution < 1.29 is 5.11 Å². The molecular formula is C9H16N2O. The van der Waals surface area contributed by atoms with Crippen LogP contribution in [0.4, 0.5) is 0 Å². The summed E-state index contributed by atoms with van der Waals surface area (Å²) in [6.45, 7) is 1.76. The third-order valence-electron chi connectivity index (χ3n) is 2.49. The number of rotatable bonds is 5. The normalized spacial score (nSPS) is 17.4. The average Bonchev–Trinajstić information content (AvgIpc) is 1.97. The van der Waals surface area contributed by atoms with Crippen molar-refractivity contribution in [3.63, 3.8) is 0 Å². The van der Waals surface area contributed by atoms with Crippen LogP contribution >= 0.6 is 0 Å². The molecule has 1 N–H and O–H groups in total. The van der Waals surface area contributed by atoms with Gasteiger partial charge >= 0.3 is 0 Å². The molecule has 0 unspecified atom stereocenters. The Morgan fingerprint density at radius 2 is 2.17 bits per heavy atom. The van der Waals surface area contributed by atoms with E-state index in [0.717, 1.165) is 13.1 Å². The van der Waals surface area contributed by atoms with Crippen LogP contribution in [-0.2, 0) is 0 Å². The monoisotopic (exact) mass is 168 g/mol. The number of hydrogen-bond acceptors (Lipinski definition) is 3. The van der Waals surface area contributed by atoms with Gasteiger partial charge in [0.1, 0.15) is 0 Å². The van der Waals surface area contributed by atoms with Crippen molar-refractivity contribution in [3.05, 3.63) is 0 Å². The first-order valence-corrected chi connectivity index (χ1v) is 4.60. The van der Waals surface area contributed by atoms with Gasteiger partial charge in [-0.05, 0) is 12.8 Å². The molecule has 1 rings (SSSR count). The van der Waals surface area contributed by atoms with Crippen molar-refractivity contribution in [2.75, 3.05) is 19.7 Å². The third kappa shape index (κ3) is 2.47. The first-order chi connectivity index (χ1) is 5.88. The molecule has 1 fully saturated rings. The molecule has 0 radical (unpaired) electrons. The van der Waals surface area contributed by atoms with Crippen LogP contribution in [0.3, 0.4) is 0 Å². The molecule has 3 nitrogen and oxygen atoms in total. The predicted octanol–water partition coefficient (Wildman–Crippen LogP) is 0.747. The van der Waals surface area contributed by atoms with Gasteiger partial charge in [-0.3, -0.25) is 4.90 Å². The minimum absolute atomic E-state index is 0.210. The van der Waals surface area contributed by atoms with Crippen LogP contribution in [0, 0.1) is 11.3 Å². The van der Waals surface area contributed by atoms with Gasteiger partial charge < -0.3 is 5.11 Å². The van der Waals surface area contributed by atoms with E-state index < -0.39 is 0 Å². The van der Waals surface area contributed by atoms with Gasteiger partial charge in [0.2, 0.25) is 0 Å². The van der Waals surface area contributed by atoms with Gasteiger partial charge in [0.05, 0.1) is 12.7 Å². The van der Waals surface area contributed by atoms with Gasteiger partial charge in [-0.2, -0.15) is 5.26 Å². The van der Waals surface area contributed by atoms with Crippen molar-refractivity contribution in [1.82, 2.24) is 4.90 Å². The SMILES string of the molecule is N#CCCN(CCO)C1CCC1.